The number of nitrogens with zero attached hydrogens (tertiary/aromatic N) is 1. The Morgan fingerprint density at radius 3 is 2.77 bits per heavy atom. The molecule has 4 nitrogen and oxygen atoms in total. The van der Waals surface area contributed by atoms with Crippen LogP contribution in [0.25, 0.3) is 11.0 Å². The summed E-state index contributed by atoms with van der Waals surface area (Å²) in [6.07, 6.45) is 8.41. The van der Waals surface area contributed by atoms with Crippen molar-refractivity contribution in [1.82, 2.24) is 4.90 Å². The monoisotopic (exact) mass is 375 g/mol. The minimum atomic E-state index is -0.249. The highest BCUT2D eigenvalue weighted by atomic mass is 35.5. The van der Waals surface area contributed by atoms with Crippen molar-refractivity contribution in [1.29, 1.82) is 0 Å². The first kappa shape index (κ1) is 17.9. The lowest BCUT2D eigenvalue weighted by atomic mass is 9.89. The Bertz CT molecular complexity index is 889. The number of aromatic hydroxyl groups is 1. The Morgan fingerprint density at radius 2 is 2.00 bits per heavy atom. The SMILES string of the molecule is CCC1CCCCN1Cc1c(O)c(Cl)cc2c3c(c(=O)oc12)CCCC3. The van der Waals surface area contributed by atoms with Gasteiger partial charge in [-0.15, -0.1) is 0 Å². The fourth-order valence-corrected chi connectivity index (χ4v) is 4.90. The molecule has 1 fully saturated rings. The van der Waals surface area contributed by atoms with Crippen LogP contribution < -0.4 is 5.63 Å². The molecule has 1 aromatic carbocycles. The second-order valence-electron chi connectivity index (χ2n) is 7.64. The van der Waals surface area contributed by atoms with Crippen molar-refractivity contribution in [2.75, 3.05) is 6.54 Å². The van der Waals surface area contributed by atoms with Gasteiger partial charge in [-0.2, -0.15) is 0 Å². The van der Waals surface area contributed by atoms with Gasteiger partial charge in [0.25, 0.3) is 0 Å². The van der Waals surface area contributed by atoms with E-state index in [-0.39, 0.29) is 11.4 Å². The summed E-state index contributed by atoms with van der Waals surface area (Å²) in [6.45, 7) is 3.78. The molecule has 0 bridgehead atoms. The van der Waals surface area contributed by atoms with Crippen molar-refractivity contribution in [2.45, 2.75) is 70.9 Å². The van der Waals surface area contributed by atoms with Gasteiger partial charge >= 0.3 is 5.63 Å². The van der Waals surface area contributed by atoms with Crippen LogP contribution in [0.3, 0.4) is 0 Å². The van der Waals surface area contributed by atoms with Crippen molar-refractivity contribution in [3.8, 4) is 5.75 Å². The van der Waals surface area contributed by atoms with Crippen molar-refractivity contribution < 1.29 is 9.52 Å². The Hall–Kier alpha value is -1.52. The van der Waals surface area contributed by atoms with Gasteiger partial charge < -0.3 is 9.52 Å². The fourth-order valence-electron chi connectivity index (χ4n) is 4.68. The van der Waals surface area contributed by atoms with E-state index >= 15 is 0 Å². The summed E-state index contributed by atoms with van der Waals surface area (Å²) in [7, 11) is 0. The molecule has 1 unspecified atom stereocenters. The summed E-state index contributed by atoms with van der Waals surface area (Å²) in [5.41, 5.74) is 2.80. The summed E-state index contributed by atoms with van der Waals surface area (Å²) in [6, 6.07) is 2.28. The van der Waals surface area contributed by atoms with Crippen LogP contribution in [0.15, 0.2) is 15.3 Å². The Morgan fingerprint density at radius 1 is 1.23 bits per heavy atom. The van der Waals surface area contributed by atoms with Gasteiger partial charge in [-0.3, -0.25) is 4.90 Å². The van der Waals surface area contributed by atoms with Crippen LogP contribution >= 0.6 is 11.6 Å². The highest BCUT2D eigenvalue weighted by Gasteiger charge is 2.26. The van der Waals surface area contributed by atoms with Crippen molar-refractivity contribution in [2.24, 2.45) is 0 Å². The number of likely N-dealkylation sites (tertiary alicyclic amines) is 1. The maximum Gasteiger partial charge on any atom is 0.339 e. The van der Waals surface area contributed by atoms with Crippen LogP contribution in [0.2, 0.25) is 5.02 Å². The lowest BCUT2D eigenvalue weighted by Gasteiger charge is -2.35. The number of rotatable bonds is 3. The largest absolute Gasteiger partial charge is 0.506 e. The number of halogens is 1. The third-order valence-corrected chi connectivity index (χ3v) is 6.41. The summed E-state index contributed by atoms with van der Waals surface area (Å²) in [4.78, 5) is 14.9. The summed E-state index contributed by atoms with van der Waals surface area (Å²) in [5.74, 6) is 0.0542. The van der Waals surface area contributed by atoms with E-state index in [0.29, 0.717) is 28.8 Å². The van der Waals surface area contributed by atoms with Gasteiger partial charge in [0.05, 0.1) is 10.6 Å². The van der Waals surface area contributed by atoms with Gasteiger partial charge in [0.15, 0.2) is 0 Å². The quantitative estimate of drug-likeness (QED) is 0.783. The Balaban J connectivity index is 1.87. The zero-order valence-corrected chi connectivity index (χ0v) is 16.1. The lowest BCUT2D eigenvalue weighted by Crippen LogP contribution is -2.38. The minimum absolute atomic E-state index is 0.0542. The fraction of sp³-hybridized carbons (Fsp3) is 0.571. The van der Waals surface area contributed by atoms with E-state index in [9.17, 15) is 9.90 Å². The first-order valence-electron chi connectivity index (χ1n) is 9.83. The first-order valence-corrected chi connectivity index (χ1v) is 10.2. The van der Waals surface area contributed by atoms with Crippen LogP contribution in [0.5, 0.6) is 5.75 Å². The first-order chi connectivity index (χ1) is 12.6. The number of benzene rings is 1. The van der Waals surface area contributed by atoms with Crippen LogP contribution in [-0.2, 0) is 19.4 Å². The van der Waals surface area contributed by atoms with Crippen molar-refractivity contribution in [3.05, 3.63) is 38.2 Å². The molecule has 0 saturated carbocycles. The molecule has 0 radical (unpaired) electrons. The van der Waals surface area contributed by atoms with Gasteiger partial charge in [-0.1, -0.05) is 24.9 Å². The Kier molecular flexibility index (Phi) is 4.98. The zero-order valence-electron chi connectivity index (χ0n) is 15.3. The normalized spacial score (nSPS) is 21.1. The van der Waals surface area contributed by atoms with Crippen LogP contribution in [0.1, 0.15) is 62.1 Å². The van der Waals surface area contributed by atoms with Crippen LogP contribution in [0, 0.1) is 0 Å². The number of hydrogen-bond donors (Lipinski definition) is 1. The molecule has 1 saturated heterocycles. The molecular weight excluding hydrogens is 350 g/mol. The van der Waals surface area contributed by atoms with E-state index in [1.54, 1.807) is 6.07 Å². The molecule has 2 aromatic rings. The number of phenolic OH excluding ortho intramolecular Hbond substituents is 1. The predicted octanol–water partition coefficient (Wildman–Crippen LogP) is 4.80. The van der Waals surface area contributed by atoms with Crippen molar-refractivity contribution >= 4 is 22.6 Å². The molecule has 2 aliphatic rings. The zero-order chi connectivity index (χ0) is 18.3. The molecule has 0 amide bonds. The molecule has 4 rings (SSSR count). The topological polar surface area (TPSA) is 53.7 Å². The number of phenols is 1. The average Bonchev–Trinajstić information content (AvgIpc) is 2.67. The number of hydrogen-bond acceptors (Lipinski definition) is 4. The molecule has 1 aliphatic heterocycles. The molecule has 0 spiro atoms. The summed E-state index contributed by atoms with van der Waals surface area (Å²) >= 11 is 6.37. The number of fused-ring (bicyclic) bond motifs is 3. The summed E-state index contributed by atoms with van der Waals surface area (Å²) < 4.78 is 5.74. The van der Waals surface area contributed by atoms with E-state index < -0.39 is 0 Å². The lowest BCUT2D eigenvalue weighted by molar-refractivity contribution is 0.135. The third-order valence-electron chi connectivity index (χ3n) is 6.12. The smallest absolute Gasteiger partial charge is 0.339 e. The second kappa shape index (κ2) is 7.24. The maximum absolute atomic E-state index is 12.5. The predicted molar refractivity (Wildman–Crippen MR) is 104 cm³/mol. The number of piperidine rings is 1. The number of aryl methyl sites for hydroxylation is 1. The Labute approximate surface area is 158 Å². The molecule has 1 N–H and O–H groups in total. The average molecular weight is 376 g/mol. The molecule has 1 aromatic heterocycles. The standard InChI is InChI=1S/C21H26ClNO3/c1-2-13-7-5-6-10-23(13)12-17-19(24)18(22)11-16-14-8-3-4-9-15(14)21(25)26-20(16)17/h11,13,24H,2-10,12H2,1H3. The molecule has 2 heterocycles. The van der Waals surface area contributed by atoms with Gasteiger partial charge in [0, 0.05) is 23.5 Å². The van der Waals surface area contributed by atoms with E-state index in [0.717, 1.165) is 61.6 Å². The van der Waals surface area contributed by atoms with Gasteiger partial charge in [-0.05, 0) is 63.1 Å². The third kappa shape index (κ3) is 3.03. The molecule has 140 valence electrons. The summed E-state index contributed by atoms with van der Waals surface area (Å²) in [5, 5.41) is 11.9. The van der Waals surface area contributed by atoms with Crippen molar-refractivity contribution in [3.63, 3.8) is 0 Å². The molecule has 5 heteroatoms. The van der Waals surface area contributed by atoms with E-state index in [4.69, 9.17) is 16.0 Å². The van der Waals surface area contributed by atoms with Gasteiger partial charge in [0.1, 0.15) is 11.3 Å². The minimum Gasteiger partial charge on any atom is -0.506 e. The van der Waals surface area contributed by atoms with E-state index in [1.807, 2.05) is 0 Å². The van der Waals surface area contributed by atoms with Gasteiger partial charge in [0.2, 0.25) is 0 Å². The highest BCUT2D eigenvalue weighted by Crippen LogP contribution is 2.39. The molecule has 1 atom stereocenters. The van der Waals surface area contributed by atoms with Crippen LogP contribution in [-0.4, -0.2) is 22.6 Å². The van der Waals surface area contributed by atoms with E-state index in [1.165, 1.54) is 12.8 Å². The second-order valence-corrected chi connectivity index (χ2v) is 8.05. The van der Waals surface area contributed by atoms with Crippen LogP contribution in [0.4, 0.5) is 0 Å². The highest BCUT2D eigenvalue weighted by molar-refractivity contribution is 6.33. The van der Waals surface area contributed by atoms with Gasteiger partial charge in [-0.25, -0.2) is 4.79 Å². The molecule has 1 aliphatic carbocycles. The maximum atomic E-state index is 12.5. The molecule has 26 heavy (non-hydrogen) atoms. The van der Waals surface area contributed by atoms with E-state index in [2.05, 4.69) is 11.8 Å². The molecular formula is C21H26ClNO3.